The number of para-hydroxylation sites is 1. The minimum Gasteiger partial charge on any atom is -0.461 e. The van der Waals surface area contributed by atoms with Gasteiger partial charge < -0.3 is 20.5 Å². The number of carbonyl (C=O) groups is 2. The zero-order valence-corrected chi connectivity index (χ0v) is 13.6. The number of hydrogen-bond acceptors (Lipinski definition) is 7. The fraction of sp³-hybridized carbons (Fsp3) is 0.176. The van der Waals surface area contributed by atoms with Crippen molar-refractivity contribution in [3.05, 3.63) is 52.5 Å². The Kier molecular flexibility index (Phi) is 3.23. The van der Waals surface area contributed by atoms with Gasteiger partial charge in [-0.2, -0.15) is 5.26 Å². The van der Waals surface area contributed by atoms with E-state index >= 15 is 0 Å². The van der Waals surface area contributed by atoms with E-state index in [1.54, 1.807) is 31.2 Å². The van der Waals surface area contributed by atoms with E-state index in [1.807, 2.05) is 6.07 Å². The third kappa shape index (κ3) is 1.75. The van der Waals surface area contributed by atoms with Crippen LogP contribution in [0.3, 0.4) is 0 Å². The van der Waals surface area contributed by atoms with Crippen LogP contribution in [0.25, 0.3) is 0 Å². The quantitative estimate of drug-likeness (QED) is 0.682. The lowest BCUT2D eigenvalue weighted by atomic mass is 9.69. The van der Waals surface area contributed by atoms with Gasteiger partial charge in [0, 0.05) is 11.3 Å². The number of carbonyl (C=O) groups excluding carboxylic acids is 2. The number of benzene rings is 1. The number of fused-ring (bicyclic) bond motifs is 4. The van der Waals surface area contributed by atoms with Crippen LogP contribution in [0, 0.1) is 11.3 Å². The molecule has 9 heteroatoms. The highest BCUT2D eigenvalue weighted by Gasteiger charge is 2.59. The standard InChI is InChI=1S/C17H13N5O4/c1-2-25-15(23)12-11-14(22-21-12)26-13(19)9(7-18)17(11)8-5-3-4-6-10(8)20-16(17)24/h3-6H,2,19H2,1H3,(H,20,24)(H,21,22). The number of nitrogens with one attached hydrogen (secondary N) is 2. The molecule has 0 aliphatic carbocycles. The average molecular weight is 351 g/mol. The normalized spacial score (nSPS) is 20.1. The first-order valence-corrected chi connectivity index (χ1v) is 7.80. The molecule has 4 rings (SSSR count). The maximum Gasteiger partial charge on any atom is 0.356 e. The summed E-state index contributed by atoms with van der Waals surface area (Å²) in [5.74, 6) is -1.51. The predicted molar refractivity (Wildman–Crippen MR) is 87.9 cm³/mol. The van der Waals surface area contributed by atoms with E-state index in [2.05, 4.69) is 15.5 Å². The Morgan fingerprint density at radius 2 is 2.23 bits per heavy atom. The largest absolute Gasteiger partial charge is 0.461 e. The third-order valence-corrected chi connectivity index (χ3v) is 4.45. The van der Waals surface area contributed by atoms with Gasteiger partial charge in [0.2, 0.25) is 17.7 Å². The number of ether oxygens (including phenoxy) is 2. The Morgan fingerprint density at radius 1 is 1.46 bits per heavy atom. The number of hydrogen-bond donors (Lipinski definition) is 3. The summed E-state index contributed by atoms with van der Waals surface area (Å²) in [6.07, 6.45) is 0. The number of rotatable bonds is 2. The molecule has 9 nitrogen and oxygen atoms in total. The van der Waals surface area contributed by atoms with E-state index in [0.29, 0.717) is 11.3 Å². The first kappa shape index (κ1) is 15.7. The molecule has 1 spiro atoms. The molecule has 0 fully saturated rings. The molecular formula is C17H13N5O4. The molecule has 0 bridgehead atoms. The number of nitrogens with zero attached hydrogens (tertiary/aromatic N) is 2. The Bertz CT molecular complexity index is 1030. The van der Waals surface area contributed by atoms with Gasteiger partial charge in [-0.25, -0.2) is 4.79 Å². The monoisotopic (exact) mass is 351 g/mol. The summed E-state index contributed by atoms with van der Waals surface area (Å²) >= 11 is 0. The van der Waals surface area contributed by atoms with Gasteiger partial charge in [-0.1, -0.05) is 18.2 Å². The van der Waals surface area contributed by atoms with Crippen LogP contribution >= 0.6 is 0 Å². The van der Waals surface area contributed by atoms with Crippen LogP contribution in [-0.4, -0.2) is 28.7 Å². The topological polar surface area (TPSA) is 143 Å². The molecular weight excluding hydrogens is 338 g/mol. The predicted octanol–water partition coefficient (Wildman–Crippen LogP) is 0.911. The summed E-state index contributed by atoms with van der Waals surface area (Å²) in [5.41, 5.74) is 5.21. The smallest absolute Gasteiger partial charge is 0.356 e. The van der Waals surface area contributed by atoms with Gasteiger partial charge in [0.05, 0.1) is 12.2 Å². The van der Waals surface area contributed by atoms with Crippen molar-refractivity contribution in [3.8, 4) is 11.9 Å². The minimum absolute atomic E-state index is 0.0450. The summed E-state index contributed by atoms with van der Waals surface area (Å²) in [4.78, 5) is 25.5. The van der Waals surface area contributed by atoms with Crippen LogP contribution in [0.5, 0.6) is 5.88 Å². The molecule has 0 saturated carbocycles. The Hall–Kier alpha value is -3.80. The van der Waals surface area contributed by atoms with Crippen molar-refractivity contribution in [1.29, 1.82) is 5.26 Å². The van der Waals surface area contributed by atoms with Crippen LogP contribution in [-0.2, 0) is 14.9 Å². The summed E-state index contributed by atoms with van der Waals surface area (Å²) in [6.45, 7) is 1.79. The molecule has 1 atom stereocenters. The van der Waals surface area contributed by atoms with E-state index in [0.717, 1.165) is 0 Å². The molecule has 1 amide bonds. The van der Waals surface area contributed by atoms with Crippen molar-refractivity contribution in [2.45, 2.75) is 12.3 Å². The Balaban J connectivity index is 2.10. The van der Waals surface area contributed by atoms with E-state index in [4.69, 9.17) is 15.2 Å². The summed E-state index contributed by atoms with van der Waals surface area (Å²) in [6, 6.07) is 8.83. The van der Waals surface area contributed by atoms with Crippen molar-refractivity contribution in [1.82, 2.24) is 10.2 Å². The maximum absolute atomic E-state index is 13.1. The number of esters is 1. The van der Waals surface area contributed by atoms with Crippen molar-refractivity contribution in [3.63, 3.8) is 0 Å². The van der Waals surface area contributed by atoms with Crippen LogP contribution in [0.1, 0.15) is 28.5 Å². The number of aromatic amines is 1. The molecule has 2 aliphatic rings. The Morgan fingerprint density at radius 3 is 2.96 bits per heavy atom. The fourth-order valence-electron chi connectivity index (χ4n) is 3.46. The van der Waals surface area contributed by atoms with Gasteiger partial charge >= 0.3 is 5.97 Å². The zero-order valence-electron chi connectivity index (χ0n) is 13.6. The SMILES string of the molecule is CCOC(=O)c1[nH]nc2c1C1(C(=O)Nc3ccccc31)C(C#N)=C(N)O2. The second-order valence-electron chi connectivity index (χ2n) is 5.70. The molecule has 1 aromatic heterocycles. The van der Waals surface area contributed by atoms with Crippen LogP contribution < -0.4 is 15.8 Å². The number of amides is 1. The van der Waals surface area contributed by atoms with Gasteiger partial charge in [0.15, 0.2) is 5.69 Å². The molecule has 2 aliphatic heterocycles. The number of aromatic nitrogens is 2. The maximum atomic E-state index is 13.1. The van der Waals surface area contributed by atoms with Crippen LogP contribution in [0.15, 0.2) is 35.7 Å². The lowest BCUT2D eigenvalue weighted by Crippen LogP contribution is -2.43. The number of anilines is 1. The molecule has 130 valence electrons. The minimum atomic E-state index is -1.64. The average Bonchev–Trinajstić information content (AvgIpc) is 3.16. The van der Waals surface area contributed by atoms with Crippen LogP contribution in [0.4, 0.5) is 5.69 Å². The van der Waals surface area contributed by atoms with E-state index in [-0.39, 0.29) is 35.2 Å². The first-order valence-electron chi connectivity index (χ1n) is 7.80. The molecule has 0 saturated heterocycles. The number of nitrogens with two attached hydrogens (primary N) is 1. The summed E-state index contributed by atoms with van der Waals surface area (Å²) in [7, 11) is 0. The van der Waals surface area contributed by atoms with Crippen molar-refractivity contribution in [2.75, 3.05) is 11.9 Å². The van der Waals surface area contributed by atoms with E-state index in [1.165, 1.54) is 0 Å². The van der Waals surface area contributed by atoms with Gasteiger partial charge in [0.25, 0.3) is 0 Å². The Labute approximate surface area is 147 Å². The lowest BCUT2D eigenvalue weighted by molar-refractivity contribution is -0.118. The lowest BCUT2D eigenvalue weighted by Gasteiger charge is -2.31. The molecule has 1 aromatic carbocycles. The second-order valence-corrected chi connectivity index (χ2v) is 5.70. The van der Waals surface area contributed by atoms with E-state index < -0.39 is 17.3 Å². The fourth-order valence-corrected chi connectivity index (χ4v) is 3.46. The molecule has 0 radical (unpaired) electrons. The van der Waals surface area contributed by atoms with Crippen molar-refractivity contribution < 1.29 is 19.1 Å². The molecule has 4 N–H and O–H groups in total. The first-order chi connectivity index (χ1) is 12.6. The number of nitriles is 1. The highest BCUT2D eigenvalue weighted by molar-refractivity contribution is 6.14. The second kappa shape index (κ2) is 5.35. The number of H-pyrrole nitrogens is 1. The molecule has 2 aromatic rings. The van der Waals surface area contributed by atoms with Crippen molar-refractivity contribution >= 4 is 17.6 Å². The molecule has 1 unspecified atom stereocenters. The van der Waals surface area contributed by atoms with Gasteiger partial charge in [-0.15, -0.1) is 5.10 Å². The van der Waals surface area contributed by atoms with E-state index in [9.17, 15) is 14.9 Å². The summed E-state index contributed by atoms with van der Waals surface area (Å²) < 4.78 is 10.4. The zero-order chi connectivity index (χ0) is 18.5. The van der Waals surface area contributed by atoms with Gasteiger partial charge in [-0.3, -0.25) is 9.89 Å². The van der Waals surface area contributed by atoms with Gasteiger partial charge in [-0.05, 0) is 13.0 Å². The highest BCUT2D eigenvalue weighted by atomic mass is 16.5. The highest BCUT2D eigenvalue weighted by Crippen LogP contribution is 2.53. The summed E-state index contributed by atoms with van der Waals surface area (Å²) in [5, 5.41) is 19.0. The molecule has 26 heavy (non-hydrogen) atoms. The van der Waals surface area contributed by atoms with Crippen molar-refractivity contribution in [2.24, 2.45) is 5.73 Å². The van der Waals surface area contributed by atoms with Gasteiger partial charge in [0.1, 0.15) is 17.1 Å². The molecule has 3 heterocycles. The van der Waals surface area contributed by atoms with Crippen LogP contribution in [0.2, 0.25) is 0 Å². The third-order valence-electron chi connectivity index (χ3n) is 4.45.